The minimum Gasteiger partial charge on any atom is -0.496 e. The molecule has 1 atom stereocenters. The number of methoxy groups -OCH3 is 1. The Hall–Kier alpha value is -2.96. The molecular formula is C22H28N4O3. The highest BCUT2D eigenvalue weighted by molar-refractivity contribution is 5.97. The van der Waals surface area contributed by atoms with E-state index in [0.717, 1.165) is 35.6 Å². The molecule has 7 nitrogen and oxygen atoms in total. The molecule has 0 radical (unpaired) electrons. The van der Waals surface area contributed by atoms with Crippen molar-refractivity contribution in [3.63, 3.8) is 0 Å². The Bertz CT molecular complexity index is 890. The largest absolute Gasteiger partial charge is 0.496 e. The Labute approximate surface area is 171 Å². The fourth-order valence-electron chi connectivity index (χ4n) is 3.82. The van der Waals surface area contributed by atoms with Crippen molar-refractivity contribution in [2.24, 2.45) is 0 Å². The number of aryl methyl sites for hydroxylation is 2. The van der Waals surface area contributed by atoms with E-state index in [-0.39, 0.29) is 24.2 Å². The first-order chi connectivity index (χ1) is 13.9. The minimum absolute atomic E-state index is 0.0307. The van der Waals surface area contributed by atoms with Crippen LogP contribution in [0.5, 0.6) is 5.75 Å². The molecule has 2 heterocycles. The van der Waals surface area contributed by atoms with Crippen molar-refractivity contribution < 1.29 is 14.3 Å². The van der Waals surface area contributed by atoms with Crippen molar-refractivity contribution in [3.8, 4) is 5.75 Å². The lowest BCUT2D eigenvalue weighted by Crippen LogP contribution is -2.39. The predicted octanol–water partition coefficient (Wildman–Crippen LogP) is 2.41. The molecule has 29 heavy (non-hydrogen) atoms. The number of aromatic nitrogens is 2. The summed E-state index contributed by atoms with van der Waals surface area (Å²) >= 11 is 0. The third-order valence-electron chi connectivity index (χ3n) is 5.47. The second-order valence-corrected chi connectivity index (χ2v) is 7.37. The molecule has 0 spiro atoms. The first-order valence-electron chi connectivity index (χ1n) is 9.91. The van der Waals surface area contributed by atoms with E-state index in [4.69, 9.17) is 14.7 Å². The third kappa shape index (κ3) is 4.55. The second kappa shape index (κ2) is 9.03. The molecule has 1 aromatic heterocycles. The minimum atomic E-state index is -0.0567. The molecule has 1 N–H and O–H groups in total. The van der Waals surface area contributed by atoms with Crippen LogP contribution in [0.25, 0.3) is 0 Å². The Morgan fingerprint density at radius 1 is 1.21 bits per heavy atom. The summed E-state index contributed by atoms with van der Waals surface area (Å²) in [6.45, 7) is 5.11. The van der Waals surface area contributed by atoms with Crippen LogP contribution in [0.2, 0.25) is 0 Å². The summed E-state index contributed by atoms with van der Waals surface area (Å²) in [6.07, 6.45) is 2.11. The molecule has 1 aromatic carbocycles. The van der Waals surface area contributed by atoms with E-state index in [9.17, 15) is 9.59 Å². The number of ether oxygens (including phenoxy) is 1. The number of carbonyl (C=O) groups excluding carboxylic acids is 2. The van der Waals surface area contributed by atoms with Gasteiger partial charge in [0.05, 0.1) is 19.1 Å². The number of likely N-dealkylation sites (tertiary alicyclic amines) is 1. The van der Waals surface area contributed by atoms with Gasteiger partial charge in [-0.1, -0.05) is 12.1 Å². The molecule has 1 aliphatic heterocycles. The van der Waals surface area contributed by atoms with E-state index in [2.05, 4.69) is 5.32 Å². The topological polar surface area (TPSA) is 84.4 Å². The van der Waals surface area contributed by atoms with Gasteiger partial charge in [-0.3, -0.25) is 9.59 Å². The van der Waals surface area contributed by atoms with E-state index < -0.39 is 0 Å². The van der Waals surface area contributed by atoms with E-state index in [1.165, 1.54) is 0 Å². The van der Waals surface area contributed by atoms with Crippen molar-refractivity contribution in [1.29, 1.82) is 0 Å². The molecule has 2 amide bonds. The summed E-state index contributed by atoms with van der Waals surface area (Å²) in [5, 5.41) is 2.64. The fraction of sp³-hybridized carbons (Fsp3) is 0.455. The van der Waals surface area contributed by atoms with Crippen LogP contribution in [0.4, 0.5) is 0 Å². The lowest BCUT2D eigenvalue weighted by atomic mass is 9.95. The molecule has 1 unspecified atom stereocenters. The lowest BCUT2D eigenvalue weighted by Gasteiger charge is -2.32. The number of benzene rings is 1. The van der Waals surface area contributed by atoms with Gasteiger partial charge in [0.1, 0.15) is 11.6 Å². The van der Waals surface area contributed by atoms with Crippen molar-refractivity contribution in [1.82, 2.24) is 20.2 Å². The number of rotatable bonds is 5. The van der Waals surface area contributed by atoms with Crippen molar-refractivity contribution in [2.45, 2.75) is 39.0 Å². The molecule has 0 saturated carbocycles. The summed E-state index contributed by atoms with van der Waals surface area (Å²) in [7, 11) is 3.20. The highest BCUT2D eigenvalue weighted by Crippen LogP contribution is 2.28. The van der Waals surface area contributed by atoms with Crippen molar-refractivity contribution >= 4 is 11.8 Å². The number of hydrogen-bond donors (Lipinski definition) is 1. The fourth-order valence-corrected chi connectivity index (χ4v) is 3.82. The molecule has 1 fully saturated rings. The standard InChI is InChI=1S/C22H28N4O3/c1-14-18(12-20(27)23-3)15(2)25-21(24-14)16-8-7-11-26(13-16)22(28)17-9-5-6-10-19(17)29-4/h5-6,9-10,16H,7-8,11-13H2,1-4H3,(H,23,27). The summed E-state index contributed by atoms with van der Waals surface area (Å²) in [5.41, 5.74) is 3.09. The van der Waals surface area contributed by atoms with Crippen LogP contribution in [-0.4, -0.2) is 53.9 Å². The van der Waals surface area contributed by atoms with Gasteiger partial charge in [0.15, 0.2) is 0 Å². The van der Waals surface area contributed by atoms with Gasteiger partial charge in [-0.2, -0.15) is 0 Å². The van der Waals surface area contributed by atoms with Gasteiger partial charge in [0.25, 0.3) is 5.91 Å². The predicted molar refractivity (Wildman–Crippen MR) is 110 cm³/mol. The number of carbonyl (C=O) groups is 2. The summed E-state index contributed by atoms with van der Waals surface area (Å²) in [4.78, 5) is 36.1. The molecule has 1 saturated heterocycles. The maximum Gasteiger partial charge on any atom is 0.257 e. The zero-order valence-electron chi connectivity index (χ0n) is 17.5. The van der Waals surface area contributed by atoms with Gasteiger partial charge in [-0.25, -0.2) is 9.97 Å². The molecule has 0 aliphatic carbocycles. The maximum absolute atomic E-state index is 13.1. The molecule has 7 heteroatoms. The molecule has 2 aromatic rings. The molecule has 0 bridgehead atoms. The van der Waals surface area contributed by atoms with Gasteiger partial charge in [0.2, 0.25) is 5.91 Å². The first kappa shape index (κ1) is 20.8. The highest BCUT2D eigenvalue weighted by atomic mass is 16.5. The van der Waals surface area contributed by atoms with Gasteiger partial charge in [-0.15, -0.1) is 0 Å². The Kier molecular flexibility index (Phi) is 6.46. The number of piperidine rings is 1. The maximum atomic E-state index is 13.1. The summed E-state index contributed by atoms with van der Waals surface area (Å²) in [6, 6.07) is 7.30. The van der Waals surface area contributed by atoms with Crippen LogP contribution < -0.4 is 10.1 Å². The zero-order chi connectivity index (χ0) is 21.0. The van der Waals surface area contributed by atoms with Gasteiger partial charge in [-0.05, 0) is 38.8 Å². The van der Waals surface area contributed by atoms with Crippen LogP contribution in [0.1, 0.15) is 51.9 Å². The third-order valence-corrected chi connectivity index (χ3v) is 5.47. The zero-order valence-corrected chi connectivity index (χ0v) is 17.5. The van der Waals surface area contributed by atoms with Gasteiger partial charge >= 0.3 is 0 Å². The van der Waals surface area contributed by atoms with E-state index >= 15 is 0 Å². The van der Waals surface area contributed by atoms with Crippen molar-refractivity contribution in [2.75, 3.05) is 27.2 Å². The van der Waals surface area contributed by atoms with Gasteiger partial charge < -0.3 is 15.0 Å². The SMILES string of the molecule is CNC(=O)Cc1c(C)nc(C2CCCN(C(=O)c3ccccc3OC)C2)nc1C. The lowest BCUT2D eigenvalue weighted by molar-refractivity contribution is -0.120. The summed E-state index contributed by atoms with van der Waals surface area (Å²) in [5.74, 6) is 1.32. The molecule has 3 rings (SSSR count). The van der Waals surface area contributed by atoms with E-state index in [1.807, 2.05) is 30.9 Å². The second-order valence-electron chi connectivity index (χ2n) is 7.37. The van der Waals surface area contributed by atoms with Gasteiger partial charge in [0, 0.05) is 43.0 Å². The number of nitrogens with zero attached hydrogens (tertiary/aromatic N) is 3. The molecule has 154 valence electrons. The van der Waals surface area contributed by atoms with Crippen LogP contribution in [-0.2, 0) is 11.2 Å². The van der Waals surface area contributed by atoms with Crippen LogP contribution >= 0.6 is 0 Å². The number of hydrogen-bond acceptors (Lipinski definition) is 5. The monoisotopic (exact) mass is 396 g/mol. The average Bonchev–Trinajstić information content (AvgIpc) is 2.75. The highest BCUT2D eigenvalue weighted by Gasteiger charge is 2.29. The molecular weight excluding hydrogens is 368 g/mol. The normalized spacial score (nSPS) is 16.4. The number of para-hydroxylation sites is 1. The first-order valence-corrected chi connectivity index (χ1v) is 9.91. The van der Waals surface area contributed by atoms with Crippen molar-refractivity contribution in [3.05, 3.63) is 52.6 Å². The van der Waals surface area contributed by atoms with E-state index in [0.29, 0.717) is 24.4 Å². The van der Waals surface area contributed by atoms with Crippen LogP contribution in [0.3, 0.4) is 0 Å². The Balaban J connectivity index is 1.80. The van der Waals surface area contributed by atoms with Crippen LogP contribution in [0, 0.1) is 13.8 Å². The summed E-state index contributed by atoms with van der Waals surface area (Å²) < 4.78 is 5.35. The average molecular weight is 396 g/mol. The Morgan fingerprint density at radius 3 is 2.55 bits per heavy atom. The number of likely N-dealkylation sites (N-methyl/N-ethyl adjacent to an activating group) is 1. The quantitative estimate of drug-likeness (QED) is 0.839. The van der Waals surface area contributed by atoms with E-state index in [1.54, 1.807) is 26.3 Å². The van der Waals surface area contributed by atoms with Crippen LogP contribution in [0.15, 0.2) is 24.3 Å². The molecule has 1 aliphatic rings. The smallest absolute Gasteiger partial charge is 0.257 e. The number of amides is 2. The number of nitrogens with one attached hydrogen (secondary N) is 1. The Morgan fingerprint density at radius 2 is 1.90 bits per heavy atom.